The van der Waals surface area contributed by atoms with E-state index in [1.165, 1.54) is 21.7 Å². The summed E-state index contributed by atoms with van der Waals surface area (Å²) in [4.78, 5) is 4.45. The van der Waals surface area contributed by atoms with Crippen LogP contribution in [-0.2, 0) is 0 Å². The Morgan fingerprint density at radius 3 is 2.73 bits per heavy atom. The lowest BCUT2D eigenvalue weighted by atomic mass is 10.0. The van der Waals surface area contributed by atoms with Gasteiger partial charge in [-0.1, -0.05) is 36.4 Å². The third-order valence-corrected chi connectivity index (χ3v) is 2.85. The molecule has 1 heteroatoms. The van der Waals surface area contributed by atoms with E-state index in [9.17, 15) is 0 Å². The fraction of sp³-hybridized carbons (Fsp3) is 0.0714. The lowest BCUT2D eigenvalue weighted by Crippen LogP contribution is -1.82. The van der Waals surface area contributed by atoms with Crippen LogP contribution in [0.1, 0.15) is 5.56 Å². The first-order valence-electron chi connectivity index (χ1n) is 5.09. The predicted molar refractivity (Wildman–Crippen MR) is 64.0 cm³/mol. The average Bonchev–Trinajstić information content (AvgIpc) is 2.29. The summed E-state index contributed by atoms with van der Waals surface area (Å²) in [7, 11) is 0. The second-order valence-corrected chi connectivity index (χ2v) is 3.81. The van der Waals surface area contributed by atoms with E-state index in [-0.39, 0.29) is 0 Å². The Kier molecular flexibility index (Phi) is 1.72. The number of pyridine rings is 1. The zero-order valence-corrected chi connectivity index (χ0v) is 8.57. The number of aryl methyl sites for hydroxylation is 1. The van der Waals surface area contributed by atoms with Gasteiger partial charge in [0.1, 0.15) is 0 Å². The van der Waals surface area contributed by atoms with Crippen molar-refractivity contribution >= 4 is 21.7 Å². The van der Waals surface area contributed by atoms with E-state index < -0.39 is 0 Å². The van der Waals surface area contributed by atoms with E-state index in [0.29, 0.717) is 0 Å². The minimum atomic E-state index is 1.10. The molecule has 0 saturated carbocycles. The molecule has 72 valence electrons. The molecule has 1 aromatic heterocycles. The summed E-state index contributed by atoms with van der Waals surface area (Å²) >= 11 is 0. The quantitative estimate of drug-likeness (QED) is 0.496. The molecule has 0 spiro atoms. The number of aromatic nitrogens is 1. The fourth-order valence-corrected chi connectivity index (χ4v) is 2.06. The molecule has 15 heavy (non-hydrogen) atoms. The highest BCUT2D eigenvalue weighted by atomic mass is 14.6. The van der Waals surface area contributed by atoms with Crippen molar-refractivity contribution in [1.82, 2.24) is 4.98 Å². The monoisotopic (exact) mass is 193 g/mol. The van der Waals surface area contributed by atoms with E-state index in [1.807, 2.05) is 12.3 Å². The molecule has 1 nitrogen and oxygen atoms in total. The van der Waals surface area contributed by atoms with E-state index in [4.69, 9.17) is 0 Å². The minimum Gasteiger partial charge on any atom is -0.256 e. The zero-order chi connectivity index (χ0) is 10.3. The first-order valence-corrected chi connectivity index (χ1v) is 5.09. The summed E-state index contributed by atoms with van der Waals surface area (Å²) < 4.78 is 0. The van der Waals surface area contributed by atoms with Crippen LogP contribution in [0.5, 0.6) is 0 Å². The molecule has 0 bridgehead atoms. The van der Waals surface area contributed by atoms with Crippen molar-refractivity contribution in [1.29, 1.82) is 0 Å². The molecule has 1 heterocycles. The van der Waals surface area contributed by atoms with E-state index in [1.54, 1.807) is 0 Å². The Balaban J connectivity index is 2.60. The van der Waals surface area contributed by atoms with Crippen molar-refractivity contribution in [3.05, 3.63) is 54.2 Å². The van der Waals surface area contributed by atoms with Crippen molar-refractivity contribution in [2.45, 2.75) is 6.92 Å². The highest BCUT2D eigenvalue weighted by molar-refractivity contribution is 6.06. The molecule has 0 atom stereocenters. The molecule has 0 aliphatic heterocycles. The van der Waals surface area contributed by atoms with Gasteiger partial charge in [-0.15, -0.1) is 0 Å². The fourth-order valence-electron chi connectivity index (χ4n) is 2.06. The van der Waals surface area contributed by atoms with Crippen LogP contribution < -0.4 is 0 Å². The molecular formula is C14H11N. The van der Waals surface area contributed by atoms with Gasteiger partial charge in [0.05, 0.1) is 5.52 Å². The van der Waals surface area contributed by atoms with Gasteiger partial charge in [-0.2, -0.15) is 0 Å². The Hall–Kier alpha value is -1.89. The molecule has 3 aromatic rings. The molecule has 0 N–H and O–H groups in total. The number of hydrogen-bond acceptors (Lipinski definition) is 1. The van der Waals surface area contributed by atoms with Gasteiger partial charge in [0.25, 0.3) is 0 Å². The van der Waals surface area contributed by atoms with Crippen LogP contribution in [0.25, 0.3) is 21.7 Å². The number of benzene rings is 2. The maximum atomic E-state index is 4.45. The third kappa shape index (κ3) is 1.20. The van der Waals surface area contributed by atoms with Crippen LogP contribution in [0.15, 0.2) is 48.7 Å². The molecule has 0 fully saturated rings. The maximum absolute atomic E-state index is 4.45. The van der Waals surface area contributed by atoms with Crippen LogP contribution in [0.2, 0.25) is 0 Å². The Morgan fingerprint density at radius 1 is 0.867 bits per heavy atom. The first kappa shape index (κ1) is 8.42. The lowest BCUT2D eigenvalue weighted by Gasteiger charge is -2.04. The van der Waals surface area contributed by atoms with E-state index >= 15 is 0 Å². The molecule has 0 unspecified atom stereocenters. The van der Waals surface area contributed by atoms with E-state index in [0.717, 1.165) is 5.52 Å². The summed E-state index contributed by atoms with van der Waals surface area (Å²) in [5.41, 5.74) is 2.40. The normalized spacial score (nSPS) is 11.0. The maximum Gasteiger partial charge on any atom is 0.0780 e. The first-order chi connectivity index (χ1) is 7.36. The predicted octanol–water partition coefficient (Wildman–Crippen LogP) is 3.70. The molecular weight excluding hydrogens is 182 g/mol. The van der Waals surface area contributed by atoms with Gasteiger partial charge in [-0.25, -0.2) is 0 Å². The average molecular weight is 193 g/mol. The van der Waals surface area contributed by atoms with Crippen LogP contribution in [0.3, 0.4) is 0 Å². The summed E-state index contributed by atoms with van der Waals surface area (Å²) in [6.07, 6.45) is 1.85. The van der Waals surface area contributed by atoms with Crippen molar-refractivity contribution in [3.63, 3.8) is 0 Å². The third-order valence-electron chi connectivity index (χ3n) is 2.85. The Labute approximate surface area is 88.4 Å². The molecule has 0 aliphatic rings. The summed E-state index contributed by atoms with van der Waals surface area (Å²) in [5, 5.41) is 3.74. The van der Waals surface area contributed by atoms with Crippen molar-refractivity contribution in [2.24, 2.45) is 0 Å². The van der Waals surface area contributed by atoms with Gasteiger partial charge in [-0.05, 0) is 23.9 Å². The summed E-state index contributed by atoms with van der Waals surface area (Å²) in [6, 6.07) is 14.8. The van der Waals surface area contributed by atoms with Gasteiger partial charge >= 0.3 is 0 Å². The Morgan fingerprint density at radius 2 is 1.80 bits per heavy atom. The Bertz CT molecular complexity index is 641. The number of fused-ring (bicyclic) bond motifs is 3. The van der Waals surface area contributed by atoms with Crippen LogP contribution in [0.4, 0.5) is 0 Å². The van der Waals surface area contributed by atoms with Gasteiger partial charge in [0.15, 0.2) is 0 Å². The molecule has 0 radical (unpaired) electrons. The van der Waals surface area contributed by atoms with Crippen LogP contribution in [0, 0.1) is 6.92 Å². The van der Waals surface area contributed by atoms with Crippen molar-refractivity contribution in [3.8, 4) is 0 Å². The van der Waals surface area contributed by atoms with Crippen molar-refractivity contribution < 1.29 is 0 Å². The summed E-state index contributed by atoms with van der Waals surface area (Å²) in [5.74, 6) is 0. The second-order valence-electron chi connectivity index (χ2n) is 3.81. The highest BCUT2D eigenvalue weighted by Crippen LogP contribution is 2.25. The van der Waals surface area contributed by atoms with Crippen LogP contribution >= 0.6 is 0 Å². The number of hydrogen-bond donors (Lipinski definition) is 0. The topological polar surface area (TPSA) is 12.9 Å². The van der Waals surface area contributed by atoms with E-state index in [2.05, 4.69) is 48.3 Å². The number of nitrogens with zero attached hydrogens (tertiary/aromatic N) is 1. The van der Waals surface area contributed by atoms with Gasteiger partial charge in [-0.3, -0.25) is 4.98 Å². The smallest absolute Gasteiger partial charge is 0.0780 e. The van der Waals surface area contributed by atoms with Gasteiger partial charge in [0.2, 0.25) is 0 Å². The standard InChI is InChI=1S/C14H11N/c1-10-4-2-6-13-12(10)8-7-11-5-3-9-15-14(11)13/h2-9H,1H3. The lowest BCUT2D eigenvalue weighted by molar-refractivity contribution is 1.42. The highest BCUT2D eigenvalue weighted by Gasteiger charge is 2.01. The summed E-state index contributed by atoms with van der Waals surface area (Å²) in [6.45, 7) is 2.14. The van der Waals surface area contributed by atoms with Crippen molar-refractivity contribution in [2.75, 3.05) is 0 Å². The molecule has 2 aromatic carbocycles. The molecule has 3 rings (SSSR count). The minimum absolute atomic E-state index is 1.10. The molecule has 0 saturated heterocycles. The largest absolute Gasteiger partial charge is 0.256 e. The molecule has 0 aliphatic carbocycles. The number of rotatable bonds is 0. The molecule has 0 amide bonds. The second kappa shape index (κ2) is 3.06. The van der Waals surface area contributed by atoms with Crippen LogP contribution in [-0.4, -0.2) is 4.98 Å². The SMILES string of the molecule is Cc1cccc2c1ccc1cccnc12. The van der Waals surface area contributed by atoms with Gasteiger partial charge in [0, 0.05) is 17.0 Å². The zero-order valence-electron chi connectivity index (χ0n) is 8.57. The van der Waals surface area contributed by atoms with Gasteiger partial charge < -0.3 is 0 Å².